The smallest absolute Gasteiger partial charge is 0.225 e. The molecular weight excluding hydrogens is 336 g/mol. The second-order valence-electron chi connectivity index (χ2n) is 6.56. The van der Waals surface area contributed by atoms with E-state index in [1.807, 2.05) is 54.9 Å². The van der Waals surface area contributed by atoms with Crippen molar-refractivity contribution in [3.05, 3.63) is 72.2 Å². The second kappa shape index (κ2) is 7.94. The first kappa shape index (κ1) is 17.1. The van der Waals surface area contributed by atoms with Crippen LogP contribution in [0.2, 0.25) is 0 Å². The van der Waals surface area contributed by atoms with Crippen molar-refractivity contribution in [1.29, 1.82) is 5.26 Å². The predicted octanol–water partition coefficient (Wildman–Crippen LogP) is 2.73. The van der Waals surface area contributed by atoms with Crippen LogP contribution >= 0.6 is 0 Å². The largest absolute Gasteiger partial charge is 0.338 e. The Labute approximate surface area is 158 Å². The quantitative estimate of drug-likeness (QED) is 0.716. The van der Waals surface area contributed by atoms with Gasteiger partial charge in [0.15, 0.2) is 0 Å². The summed E-state index contributed by atoms with van der Waals surface area (Å²) in [5.41, 5.74) is 3.83. The Balaban J connectivity index is 1.38. The minimum absolute atomic E-state index is 0.703. The summed E-state index contributed by atoms with van der Waals surface area (Å²) in [5.74, 6) is 0.773. The number of aromatic nitrogens is 3. The molecule has 0 radical (unpaired) electrons. The van der Waals surface area contributed by atoms with Crippen LogP contribution in [0.5, 0.6) is 0 Å². The van der Waals surface area contributed by atoms with Crippen LogP contribution in [0.1, 0.15) is 11.1 Å². The Hall–Kier alpha value is -3.30. The maximum absolute atomic E-state index is 8.90. The standard InChI is InChI=1S/C21H20N6/c22-14-17-3-5-18(6-4-17)16-26-10-12-27(13-11-26)21-24-9-7-20(25-21)19-2-1-8-23-15-19/h1-9,15H,10-13,16H2. The van der Waals surface area contributed by atoms with Gasteiger partial charge in [0.05, 0.1) is 17.3 Å². The lowest BCUT2D eigenvalue weighted by molar-refractivity contribution is 0.248. The Morgan fingerprint density at radius 2 is 1.78 bits per heavy atom. The molecule has 6 nitrogen and oxygen atoms in total. The van der Waals surface area contributed by atoms with Gasteiger partial charge < -0.3 is 4.90 Å². The lowest BCUT2D eigenvalue weighted by atomic mass is 10.1. The third-order valence-corrected chi connectivity index (χ3v) is 4.74. The molecule has 0 amide bonds. The zero-order valence-electron chi connectivity index (χ0n) is 15.0. The van der Waals surface area contributed by atoms with Gasteiger partial charge in [0.25, 0.3) is 0 Å². The highest BCUT2D eigenvalue weighted by Crippen LogP contribution is 2.19. The normalized spacial score (nSPS) is 14.7. The zero-order chi connectivity index (χ0) is 18.5. The number of benzene rings is 1. The first-order valence-electron chi connectivity index (χ1n) is 9.01. The lowest BCUT2D eigenvalue weighted by Crippen LogP contribution is -2.46. The van der Waals surface area contributed by atoms with E-state index in [1.54, 1.807) is 6.20 Å². The monoisotopic (exact) mass is 356 g/mol. The number of hydrogen-bond acceptors (Lipinski definition) is 6. The van der Waals surface area contributed by atoms with Gasteiger partial charge in [0.1, 0.15) is 0 Å². The molecule has 0 saturated carbocycles. The van der Waals surface area contributed by atoms with Gasteiger partial charge in [-0.25, -0.2) is 9.97 Å². The van der Waals surface area contributed by atoms with E-state index in [4.69, 9.17) is 10.2 Å². The number of nitriles is 1. The molecule has 1 aromatic carbocycles. The third kappa shape index (κ3) is 4.10. The molecular formula is C21H20N6. The Morgan fingerprint density at radius 3 is 2.48 bits per heavy atom. The maximum Gasteiger partial charge on any atom is 0.225 e. The molecule has 0 unspecified atom stereocenters. The van der Waals surface area contributed by atoms with E-state index in [2.05, 4.69) is 25.8 Å². The zero-order valence-corrected chi connectivity index (χ0v) is 15.0. The van der Waals surface area contributed by atoms with Gasteiger partial charge in [-0.05, 0) is 35.9 Å². The van der Waals surface area contributed by atoms with Crippen LogP contribution in [0.15, 0.2) is 61.1 Å². The number of piperazine rings is 1. The van der Waals surface area contributed by atoms with Crippen LogP contribution in [0.3, 0.4) is 0 Å². The predicted molar refractivity (Wildman–Crippen MR) is 104 cm³/mol. The minimum atomic E-state index is 0.703. The van der Waals surface area contributed by atoms with Crippen molar-refractivity contribution in [3.8, 4) is 17.3 Å². The Kier molecular flexibility index (Phi) is 5.04. The number of pyridine rings is 1. The average molecular weight is 356 g/mol. The number of nitrogens with zero attached hydrogens (tertiary/aromatic N) is 6. The topological polar surface area (TPSA) is 68.9 Å². The SMILES string of the molecule is N#Cc1ccc(CN2CCN(c3nccc(-c4cccnc4)n3)CC2)cc1. The molecule has 1 aliphatic heterocycles. The van der Waals surface area contributed by atoms with E-state index in [9.17, 15) is 0 Å². The van der Waals surface area contributed by atoms with Crippen LogP contribution in [-0.2, 0) is 6.54 Å². The van der Waals surface area contributed by atoms with Gasteiger partial charge >= 0.3 is 0 Å². The van der Waals surface area contributed by atoms with Crippen LogP contribution < -0.4 is 4.90 Å². The van der Waals surface area contributed by atoms with E-state index in [1.165, 1.54) is 5.56 Å². The first-order chi connectivity index (χ1) is 13.3. The van der Waals surface area contributed by atoms with Gasteiger partial charge in [-0.3, -0.25) is 9.88 Å². The first-order valence-corrected chi connectivity index (χ1v) is 9.01. The molecule has 3 aromatic rings. The molecule has 1 aliphatic rings. The number of rotatable bonds is 4. The summed E-state index contributed by atoms with van der Waals surface area (Å²) in [6.45, 7) is 4.61. The lowest BCUT2D eigenvalue weighted by Gasteiger charge is -2.34. The van der Waals surface area contributed by atoms with E-state index >= 15 is 0 Å². The highest BCUT2D eigenvalue weighted by molar-refractivity contribution is 5.58. The molecule has 0 aliphatic carbocycles. The molecule has 1 saturated heterocycles. The fourth-order valence-corrected chi connectivity index (χ4v) is 3.22. The van der Waals surface area contributed by atoms with Gasteiger partial charge in [-0.15, -0.1) is 0 Å². The summed E-state index contributed by atoms with van der Waals surface area (Å²) >= 11 is 0. The molecule has 6 heteroatoms. The van der Waals surface area contributed by atoms with Crippen molar-refractivity contribution in [3.63, 3.8) is 0 Å². The molecule has 4 rings (SSSR count). The highest BCUT2D eigenvalue weighted by Gasteiger charge is 2.19. The van der Waals surface area contributed by atoms with Crippen molar-refractivity contribution >= 4 is 5.95 Å². The molecule has 2 aromatic heterocycles. The summed E-state index contributed by atoms with van der Waals surface area (Å²) in [6.07, 6.45) is 5.40. The van der Waals surface area contributed by atoms with E-state index in [0.29, 0.717) is 5.56 Å². The summed E-state index contributed by atoms with van der Waals surface area (Å²) in [6, 6.07) is 15.8. The van der Waals surface area contributed by atoms with Crippen LogP contribution in [0.4, 0.5) is 5.95 Å². The van der Waals surface area contributed by atoms with Crippen molar-refractivity contribution in [2.45, 2.75) is 6.54 Å². The number of anilines is 1. The summed E-state index contributed by atoms with van der Waals surface area (Å²) < 4.78 is 0. The van der Waals surface area contributed by atoms with Gasteiger partial charge in [-0.1, -0.05) is 12.1 Å². The van der Waals surface area contributed by atoms with Crippen molar-refractivity contribution < 1.29 is 0 Å². The third-order valence-electron chi connectivity index (χ3n) is 4.74. The van der Waals surface area contributed by atoms with Gasteiger partial charge in [-0.2, -0.15) is 5.26 Å². The molecule has 0 atom stereocenters. The van der Waals surface area contributed by atoms with Crippen molar-refractivity contribution in [2.75, 3.05) is 31.1 Å². The average Bonchev–Trinajstić information content (AvgIpc) is 2.75. The molecule has 3 heterocycles. The van der Waals surface area contributed by atoms with E-state index < -0.39 is 0 Å². The Bertz CT molecular complexity index is 925. The van der Waals surface area contributed by atoms with Crippen molar-refractivity contribution in [1.82, 2.24) is 19.9 Å². The van der Waals surface area contributed by atoms with Crippen LogP contribution in [0, 0.1) is 11.3 Å². The molecule has 0 spiro atoms. The Morgan fingerprint density at radius 1 is 0.963 bits per heavy atom. The molecule has 0 N–H and O–H groups in total. The summed E-state index contributed by atoms with van der Waals surface area (Å²) in [7, 11) is 0. The summed E-state index contributed by atoms with van der Waals surface area (Å²) in [4.78, 5) is 18.0. The summed E-state index contributed by atoms with van der Waals surface area (Å²) in [5, 5.41) is 8.90. The van der Waals surface area contributed by atoms with Gasteiger partial charge in [0.2, 0.25) is 5.95 Å². The molecule has 1 fully saturated rings. The highest BCUT2D eigenvalue weighted by atomic mass is 15.3. The molecule has 134 valence electrons. The van der Waals surface area contributed by atoms with Crippen LogP contribution in [-0.4, -0.2) is 46.0 Å². The maximum atomic E-state index is 8.90. The fraction of sp³-hybridized carbons (Fsp3) is 0.238. The van der Waals surface area contributed by atoms with Crippen molar-refractivity contribution in [2.24, 2.45) is 0 Å². The molecule has 27 heavy (non-hydrogen) atoms. The second-order valence-corrected chi connectivity index (χ2v) is 6.56. The molecule has 0 bridgehead atoms. The number of hydrogen-bond donors (Lipinski definition) is 0. The van der Waals surface area contributed by atoms with Crippen LogP contribution in [0.25, 0.3) is 11.3 Å². The van der Waals surface area contributed by atoms with E-state index in [0.717, 1.165) is 49.9 Å². The van der Waals surface area contributed by atoms with Gasteiger partial charge in [0, 0.05) is 56.9 Å². The fourth-order valence-electron chi connectivity index (χ4n) is 3.22. The minimum Gasteiger partial charge on any atom is -0.338 e. The van der Waals surface area contributed by atoms with E-state index in [-0.39, 0.29) is 0 Å².